The molecule has 1 aromatic rings. The molecule has 2 bridgehead atoms. The smallest absolute Gasteiger partial charge is 0.348 e. The van der Waals surface area contributed by atoms with Crippen molar-refractivity contribution in [1.29, 1.82) is 0 Å². The molecule has 2 unspecified atom stereocenters. The van der Waals surface area contributed by atoms with Gasteiger partial charge in [-0.3, -0.25) is 4.79 Å². The summed E-state index contributed by atoms with van der Waals surface area (Å²) in [5, 5.41) is 2.92. The predicted molar refractivity (Wildman–Crippen MR) is 98.5 cm³/mol. The molecule has 6 nitrogen and oxygen atoms in total. The average Bonchev–Trinajstić information content (AvgIpc) is 2.62. The van der Waals surface area contributed by atoms with Crippen molar-refractivity contribution in [3.63, 3.8) is 0 Å². The number of amides is 1. The highest BCUT2D eigenvalue weighted by Gasteiger charge is 2.47. The van der Waals surface area contributed by atoms with Crippen LogP contribution in [0.25, 0.3) is 0 Å². The lowest BCUT2D eigenvalue weighted by atomic mass is 9.68. The summed E-state index contributed by atoms with van der Waals surface area (Å²) in [6.07, 6.45) is 8.40. The molecule has 1 heterocycles. The number of H-pyrrole nitrogens is 1. The first-order chi connectivity index (χ1) is 13.4. The number of aromatic amines is 1. The number of alkyl halides is 2. The largest absolute Gasteiger partial charge is 0.467 e. The van der Waals surface area contributed by atoms with E-state index in [1.807, 2.05) is 0 Å². The van der Waals surface area contributed by atoms with Crippen LogP contribution in [0.3, 0.4) is 0 Å². The Morgan fingerprint density at radius 3 is 2.64 bits per heavy atom. The van der Waals surface area contributed by atoms with Gasteiger partial charge in [-0.1, -0.05) is 19.3 Å². The molecule has 3 aliphatic carbocycles. The van der Waals surface area contributed by atoms with Gasteiger partial charge < -0.3 is 15.0 Å². The molecule has 154 valence electrons. The third kappa shape index (κ3) is 4.52. The number of aromatic nitrogens is 2. The molecule has 3 aliphatic rings. The molecule has 0 saturated heterocycles. The third-order valence-corrected chi connectivity index (χ3v) is 6.48. The summed E-state index contributed by atoms with van der Waals surface area (Å²) in [4.78, 5) is 29.8. The number of hydrogen-bond acceptors (Lipinski definition) is 4. The fourth-order valence-electron chi connectivity index (χ4n) is 5.16. The van der Waals surface area contributed by atoms with E-state index >= 15 is 0 Å². The lowest BCUT2D eigenvalue weighted by Gasteiger charge is -2.39. The second-order valence-corrected chi connectivity index (χ2v) is 8.76. The molecule has 0 radical (unpaired) electrons. The van der Waals surface area contributed by atoms with Crippen LogP contribution in [0, 0.1) is 17.8 Å². The lowest BCUT2D eigenvalue weighted by Crippen LogP contribution is -2.38. The Bertz CT molecular complexity index is 762. The Balaban J connectivity index is 1.28. The zero-order valence-corrected chi connectivity index (χ0v) is 15.9. The fraction of sp³-hybridized carbons (Fsp3) is 0.750. The van der Waals surface area contributed by atoms with Gasteiger partial charge in [0.1, 0.15) is 0 Å². The maximum atomic E-state index is 13.2. The van der Waals surface area contributed by atoms with Crippen LogP contribution < -0.4 is 15.7 Å². The summed E-state index contributed by atoms with van der Waals surface area (Å²) in [5.41, 5.74) is -0.197. The highest BCUT2D eigenvalue weighted by molar-refractivity contribution is 5.77. The molecule has 4 rings (SSSR count). The second-order valence-electron chi connectivity index (χ2n) is 8.76. The predicted octanol–water partition coefficient (Wildman–Crippen LogP) is 2.99. The molecule has 0 aromatic carbocycles. The van der Waals surface area contributed by atoms with Crippen molar-refractivity contribution >= 4 is 5.91 Å². The molecule has 1 aromatic heterocycles. The van der Waals surface area contributed by atoms with E-state index in [0.717, 1.165) is 11.8 Å². The highest BCUT2D eigenvalue weighted by Crippen LogP contribution is 2.49. The van der Waals surface area contributed by atoms with Crippen molar-refractivity contribution in [3.05, 3.63) is 22.2 Å². The highest BCUT2D eigenvalue weighted by atomic mass is 19.3. The van der Waals surface area contributed by atoms with Crippen molar-refractivity contribution in [2.24, 2.45) is 17.8 Å². The topological polar surface area (TPSA) is 84.1 Å². The number of halogens is 2. The van der Waals surface area contributed by atoms with Crippen LogP contribution in [-0.4, -0.2) is 34.9 Å². The summed E-state index contributed by atoms with van der Waals surface area (Å²) >= 11 is 0. The van der Waals surface area contributed by atoms with Crippen LogP contribution in [-0.2, 0) is 4.79 Å². The van der Waals surface area contributed by atoms with E-state index < -0.39 is 17.5 Å². The minimum Gasteiger partial charge on any atom is -0.467 e. The van der Waals surface area contributed by atoms with Crippen molar-refractivity contribution in [2.45, 2.75) is 63.2 Å². The van der Waals surface area contributed by atoms with E-state index in [1.165, 1.54) is 44.7 Å². The minimum absolute atomic E-state index is 0.0217. The van der Waals surface area contributed by atoms with E-state index in [1.54, 1.807) is 0 Å². The quantitative estimate of drug-likeness (QED) is 0.776. The summed E-state index contributed by atoms with van der Waals surface area (Å²) in [5.74, 6) is -1.29. The van der Waals surface area contributed by atoms with Gasteiger partial charge in [0.25, 0.3) is 5.91 Å². The van der Waals surface area contributed by atoms with Crippen molar-refractivity contribution < 1.29 is 18.3 Å². The Morgan fingerprint density at radius 1 is 1.25 bits per heavy atom. The number of fused-ring (bicyclic) bond motifs is 2. The summed E-state index contributed by atoms with van der Waals surface area (Å²) in [7, 11) is 0. The molecular formula is C20H27F2N3O3. The van der Waals surface area contributed by atoms with Gasteiger partial charge in [-0.15, -0.1) is 0 Å². The Hall–Kier alpha value is -1.99. The molecule has 2 N–H and O–H groups in total. The van der Waals surface area contributed by atoms with E-state index in [-0.39, 0.29) is 31.2 Å². The summed E-state index contributed by atoms with van der Waals surface area (Å²) in [6, 6.07) is 0. The Morgan fingerprint density at radius 2 is 1.96 bits per heavy atom. The Labute approximate surface area is 162 Å². The van der Waals surface area contributed by atoms with Gasteiger partial charge in [0.2, 0.25) is 11.8 Å². The molecule has 28 heavy (non-hydrogen) atoms. The van der Waals surface area contributed by atoms with Gasteiger partial charge in [0.05, 0.1) is 0 Å². The average molecular weight is 395 g/mol. The SMILES string of the molecule is O=C(COc1nc(=O)[nH]cc1C1CC(F)(F)C1)NCC1CC2CCCC(C2)C1. The Kier molecular flexibility index (Phi) is 5.38. The molecular weight excluding hydrogens is 368 g/mol. The number of hydrogen-bond donors (Lipinski definition) is 2. The van der Waals surface area contributed by atoms with Crippen molar-refractivity contribution in [2.75, 3.05) is 13.2 Å². The van der Waals surface area contributed by atoms with Gasteiger partial charge in [-0.05, 0) is 37.0 Å². The van der Waals surface area contributed by atoms with Gasteiger partial charge in [0, 0.05) is 37.1 Å². The van der Waals surface area contributed by atoms with Crippen molar-refractivity contribution in [1.82, 2.24) is 15.3 Å². The molecule has 0 aliphatic heterocycles. The fourth-order valence-corrected chi connectivity index (χ4v) is 5.16. The second kappa shape index (κ2) is 7.79. The number of ether oxygens (including phenoxy) is 1. The molecule has 8 heteroatoms. The zero-order valence-electron chi connectivity index (χ0n) is 15.9. The molecule has 3 saturated carbocycles. The van der Waals surface area contributed by atoms with Gasteiger partial charge in [0.15, 0.2) is 6.61 Å². The van der Waals surface area contributed by atoms with Crippen LogP contribution >= 0.6 is 0 Å². The van der Waals surface area contributed by atoms with E-state index in [2.05, 4.69) is 15.3 Å². The monoisotopic (exact) mass is 395 g/mol. The van der Waals surface area contributed by atoms with Crippen LogP contribution in [0.1, 0.15) is 62.8 Å². The zero-order chi connectivity index (χ0) is 19.7. The third-order valence-electron chi connectivity index (χ3n) is 6.48. The molecule has 1 amide bonds. The molecule has 0 spiro atoms. The van der Waals surface area contributed by atoms with Crippen LogP contribution in [0.5, 0.6) is 5.88 Å². The minimum atomic E-state index is -2.69. The van der Waals surface area contributed by atoms with E-state index in [0.29, 0.717) is 18.0 Å². The normalized spacial score (nSPS) is 29.0. The number of nitrogens with one attached hydrogen (secondary N) is 2. The van der Waals surface area contributed by atoms with Crippen LogP contribution in [0.2, 0.25) is 0 Å². The van der Waals surface area contributed by atoms with Gasteiger partial charge in [-0.25, -0.2) is 13.6 Å². The van der Waals surface area contributed by atoms with Crippen LogP contribution in [0.4, 0.5) is 8.78 Å². The van der Waals surface area contributed by atoms with Crippen LogP contribution in [0.15, 0.2) is 11.0 Å². The first-order valence-corrected chi connectivity index (χ1v) is 10.2. The number of nitrogens with zero attached hydrogens (tertiary/aromatic N) is 1. The molecule has 2 atom stereocenters. The maximum Gasteiger partial charge on any atom is 0.348 e. The molecule has 3 fully saturated rings. The number of rotatable bonds is 6. The first-order valence-electron chi connectivity index (χ1n) is 10.2. The summed E-state index contributed by atoms with van der Waals surface area (Å²) < 4.78 is 31.8. The van der Waals surface area contributed by atoms with E-state index in [9.17, 15) is 18.4 Å². The van der Waals surface area contributed by atoms with Gasteiger partial charge in [-0.2, -0.15) is 4.98 Å². The van der Waals surface area contributed by atoms with Crippen molar-refractivity contribution in [3.8, 4) is 5.88 Å². The first kappa shape index (κ1) is 19.3. The maximum absolute atomic E-state index is 13.2. The lowest BCUT2D eigenvalue weighted by molar-refractivity contribution is -0.123. The number of carbonyl (C=O) groups is 1. The number of carbonyl (C=O) groups excluding carboxylic acids is 1. The van der Waals surface area contributed by atoms with E-state index in [4.69, 9.17) is 4.74 Å². The van der Waals surface area contributed by atoms with Gasteiger partial charge >= 0.3 is 5.69 Å². The standard InChI is InChI=1S/C20H27F2N3O3/c21-20(22)7-15(8-20)16-10-24-19(27)25-18(16)28-11-17(26)23-9-14-5-12-2-1-3-13(4-12)6-14/h10,12-15H,1-9,11H2,(H,23,26)(H,24,25,27). The summed E-state index contributed by atoms with van der Waals surface area (Å²) in [6.45, 7) is 0.367.